The smallest absolute Gasteiger partial charge is 0.254 e. The zero-order valence-corrected chi connectivity index (χ0v) is 10.4. The molecule has 100 valence electrons. The molecule has 3 N–H and O–H groups in total. The molecule has 6 heteroatoms. The van der Waals surface area contributed by atoms with E-state index in [2.05, 4.69) is 5.32 Å². The van der Waals surface area contributed by atoms with Crippen LogP contribution in [0.25, 0.3) is 0 Å². The molecule has 0 heterocycles. The van der Waals surface area contributed by atoms with Crippen molar-refractivity contribution in [1.29, 1.82) is 0 Å². The number of hydrogen-bond acceptors (Lipinski definition) is 4. The van der Waals surface area contributed by atoms with Gasteiger partial charge in [-0.3, -0.25) is 4.79 Å². The first-order chi connectivity index (χ1) is 8.62. The number of rotatable bonds is 6. The fourth-order valence-corrected chi connectivity index (χ4v) is 1.38. The summed E-state index contributed by atoms with van der Waals surface area (Å²) in [6.07, 6.45) is -0.750. The quantitative estimate of drug-likeness (QED) is 0.800. The van der Waals surface area contributed by atoms with Gasteiger partial charge in [-0.25, -0.2) is 4.39 Å². The summed E-state index contributed by atoms with van der Waals surface area (Å²) in [4.78, 5) is 11.6. The van der Waals surface area contributed by atoms with E-state index < -0.39 is 17.8 Å². The molecule has 1 rings (SSSR count). The zero-order valence-electron chi connectivity index (χ0n) is 10.4. The predicted octanol–water partition coefficient (Wildman–Crippen LogP) is 1.14. The molecule has 0 spiro atoms. The number of ether oxygens (including phenoxy) is 2. The number of anilines is 1. The highest BCUT2D eigenvalue weighted by Crippen LogP contribution is 2.21. The number of benzene rings is 1. The van der Waals surface area contributed by atoms with Gasteiger partial charge in [-0.2, -0.15) is 0 Å². The van der Waals surface area contributed by atoms with Gasteiger partial charge in [-0.15, -0.1) is 0 Å². The summed E-state index contributed by atoms with van der Waals surface area (Å²) < 4.78 is 23.4. The highest BCUT2D eigenvalue weighted by molar-refractivity contribution is 5.94. The summed E-state index contributed by atoms with van der Waals surface area (Å²) in [5.74, 6) is -0.794. The van der Waals surface area contributed by atoms with Crippen molar-refractivity contribution in [2.24, 2.45) is 5.73 Å². The van der Waals surface area contributed by atoms with Crippen molar-refractivity contribution in [2.45, 2.75) is 13.0 Å². The molecular weight excluding hydrogens is 239 g/mol. The minimum Gasteiger partial charge on any atom is -0.491 e. The van der Waals surface area contributed by atoms with Gasteiger partial charge in [0.25, 0.3) is 5.91 Å². The molecule has 5 nitrogen and oxygen atoms in total. The Hall–Kier alpha value is -1.66. The molecular formula is C12H17FN2O3. The van der Waals surface area contributed by atoms with Crippen LogP contribution in [0.2, 0.25) is 0 Å². The number of halogens is 1. The molecule has 0 aromatic heterocycles. The van der Waals surface area contributed by atoms with Crippen LogP contribution < -0.4 is 15.8 Å². The van der Waals surface area contributed by atoms with Crippen LogP contribution in [0, 0.1) is 5.82 Å². The third-order valence-corrected chi connectivity index (χ3v) is 2.29. The van der Waals surface area contributed by atoms with Gasteiger partial charge in [0, 0.05) is 25.4 Å². The molecule has 0 aliphatic heterocycles. The summed E-state index contributed by atoms with van der Waals surface area (Å²) in [5, 5.41) is 2.51. The Morgan fingerprint density at radius 3 is 2.78 bits per heavy atom. The molecule has 0 saturated heterocycles. The van der Waals surface area contributed by atoms with Crippen molar-refractivity contribution in [3.8, 4) is 5.75 Å². The second-order valence-electron chi connectivity index (χ2n) is 3.53. The summed E-state index contributed by atoms with van der Waals surface area (Å²) in [5.41, 5.74) is 5.68. The molecule has 1 unspecified atom stereocenters. The zero-order chi connectivity index (χ0) is 13.5. The highest BCUT2D eigenvalue weighted by Gasteiger charge is 2.16. The molecule has 1 atom stereocenters. The van der Waals surface area contributed by atoms with Crippen LogP contribution in [0.1, 0.15) is 6.92 Å². The summed E-state index contributed by atoms with van der Waals surface area (Å²) in [7, 11) is 1.38. The Balaban J connectivity index is 2.74. The lowest BCUT2D eigenvalue weighted by Gasteiger charge is -2.13. The largest absolute Gasteiger partial charge is 0.491 e. The minimum absolute atomic E-state index is 0.0574. The molecule has 18 heavy (non-hydrogen) atoms. The van der Waals surface area contributed by atoms with Gasteiger partial charge in [-0.05, 0) is 19.1 Å². The molecule has 0 aliphatic rings. The molecule has 0 saturated carbocycles. The maximum atomic E-state index is 13.5. The number of methoxy groups -OCH3 is 1. The van der Waals surface area contributed by atoms with Crippen molar-refractivity contribution >= 4 is 11.6 Å². The Morgan fingerprint density at radius 1 is 1.56 bits per heavy atom. The summed E-state index contributed by atoms with van der Waals surface area (Å²) in [6.45, 7) is 2.20. The van der Waals surface area contributed by atoms with Crippen LogP contribution in [0.3, 0.4) is 0 Å². The monoisotopic (exact) mass is 256 g/mol. The maximum Gasteiger partial charge on any atom is 0.254 e. The molecule has 1 aromatic carbocycles. The first-order valence-electron chi connectivity index (χ1n) is 5.58. The van der Waals surface area contributed by atoms with Crippen molar-refractivity contribution in [3.05, 3.63) is 24.0 Å². The Bertz CT molecular complexity index is 408. The van der Waals surface area contributed by atoms with Gasteiger partial charge in [-0.1, -0.05) is 0 Å². The number of carbonyl (C=O) groups is 1. The third kappa shape index (κ3) is 3.68. The first-order valence-corrected chi connectivity index (χ1v) is 5.58. The van der Waals surface area contributed by atoms with E-state index >= 15 is 0 Å². The standard InChI is InChI=1S/C12H17FN2O3/c1-3-18-10-5-4-8(6-9(10)13)15-12(16)11(7-14)17-2/h4-6,11H,3,7,14H2,1-2H3,(H,15,16). The average molecular weight is 256 g/mol. The van der Waals surface area contributed by atoms with E-state index in [1.165, 1.54) is 19.2 Å². The van der Waals surface area contributed by atoms with E-state index in [1.54, 1.807) is 13.0 Å². The van der Waals surface area contributed by atoms with Crippen molar-refractivity contribution < 1.29 is 18.7 Å². The van der Waals surface area contributed by atoms with E-state index in [4.69, 9.17) is 15.2 Å². The molecule has 1 amide bonds. The molecule has 1 aromatic rings. The minimum atomic E-state index is -0.750. The van der Waals surface area contributed by atoms with Gasteiger partial charge in [0.2, 0.25) is 0 Å². The molecule has 0 bridgehead atoms. The number of carbonyl (C=O) groups excluding carboxylic acids is 1. The second kappa shape index (κ2) is 6.93. The van der Waals surface area contributed by atoms with Gasteiger partial charge in [0.1, 0.15) is 6.10 Å². The normalized spacial score (nSPS) is 12.0. The third-order valence-electron chi connectivity index (χ3n) is 2.29. The molecule has 0 radical (unpaired) electrons. The van der Waals surface area contributed by atoms with E-state index in [9.17, 15) is 9.18 Å². The van der Waals surface area contributed by atoms with Crippen molar-refractivity contribution in [2.75, 3.05) is 25.6 Å². The lowest BCUT2D eigenvalue weighted by molar-refractivity contribution is -0.125. The van der Waals surface area contributed by atoms with E-state index in [0.29, 0.717) is 12.3 Å². The van der Waals surface area contributed by atoms with E-state index in [0.717, 1.165) is 0 Å². The van der Waals surface area contributed by atoms with Crippen LogP contribution in [-0.4, -0.2) is 32.3 Å². The number of hydrogen-bond donors (Lipinski definition) is 2. The topological polar surface area (TPSA) is 73.6 Å². The number of nitrogens with two attached hydrogens (primary N) is 1. The maximum absolute atomic E-state index is 13.5. The summed E-state index contributed by atoms with van der Waals surface area (Å²) in [6, 6.07) is 4.19. The highest BCUT2D eigenvalue weighted by atomic mass is 19.1. The van der Waals surface area contributed by atoms with E-state index in [1.807, 2.05) is 0 Å². The van der Waals surface area contributed by atoms with Gasteiger partial charge in [0.05, 0.1) is 6.61 Å². The Kier molecular flexibility index (Phi) is 5.54. The predicted molar refractivity (Wildman–Crippen MR) is 66.1 cm³/mol. The van der Waals surface area contributed by atoms with Gasteiger partial charge in [0.15, 0.2) is 11.6 Å². The van der Waals surface area contributed by atoms with E-state index in [-0.39, 0.29) is 12.3 Å². The first kappa shape index (κ1) is 14.4. The van der Waals surface area contributed by atoms with Gasteiger partial charge >= 0.3 is 0 Å². The average Bonchev–Trinajstić information content (AvgIpc) is 2.34. The van der Waals surface area contributed by atoms with Crippen LogP contribution >= 0.6 is 0 Å². The number of nitrogens with one attached hydrogen (secondary N) is 1. The lowest BCUT2D eigenvalue weighted by Crippen LogP contribution is -2.35. The Labute approximate surface area is 105 Å². The summed E-state index contributed by atoms with van der Waals surface area (Å²) >= 11 is 0. The molecule has 0 aliphatic carbocycles. The van der Waals surface area contributed by atoms with Crippen molar-refractivity contribution in [1.82, 2.24) is 0 Å². The van der Waals surface area contributed by atoms with Crippen molar-refractivity contribution in [3.63, 3.8) is 0 Å². The Morgan fingerprint density at radius 2 is 2.28 bits per heavy atom. The van der Waals surface area contributed by atoms with Gasteiger partial charge < -0.3 is 20.5 Å². The SMILES string of the molecule is CCOc1ccc(NC(=O)C(CN)OC)cc1F. The van der Waals surface area contributed by atoms with Crippen LogP contribution in [0.5, 0.6) is 5.75 Å². The van der Waals surface area contributed by atoms with Crippen LogP contribution in [0.15, 0.2) is 18.2 Å². The fourth-order valence-electron chi connectivity index (χ4n) is 1.38. The van der Waals surface area contributed by atoms with Crippen LogP contribution in [0.4, 0.5) is 10.1 Å². The second-order valence-corrected chi connectivity index (χ2v) is 3.53. The fraction of sp³-hybridized carbons (Fsp3) is 0.417. The number of amides is 1. The van der Waals surface area contributed by atoms with Crippen LogP contribution in [-0.2, 0) is 9.53 Å². The lowest BCUT2D eigenvalue weighted by atomic mass is 10.2. The molecule has 0 fully saturated rings.